The third-order valence-corrected chi connectivity index (χ3v) is 4.32. The standard InChI is InChI=1S/C10H19N3S2/c1-8(11-3)6-4-5-7-14-10-13-12-9(2)15-10/h8,11H,4-7H2,1-3H3. The van der Waals surface area contributed by atoms with Gasteiger partial charge in [-0.2, -0.15) is 0 Å². The van der Waals surface area contributed by atoms with Gasteiger partial charge in [0.05, 0.1) is 0 Å². The van der Waals surface area contributed by atoms with Gasteiger partial charge >= 0.3 is 0 Å². The fourth-order valence-corrected chi connectivity index (χ4v) is 3.08. The van der Waals surface area contributed by atoms with Crippen LogP contribution < -0.4 is 5.32 Å². The van der Waals surface area contributed by atoms with Gasteiger partial charge in [0.15, 0.2) is 4.34 Å². The molecule has 0 spiro atoms. The minimum atomic E-state index is 0.638. The fourth-order valence-electron chi connectivity index (χ4n) is 1.19. The largest absolute Gasteiger partial charge is 0.317 e. The molecular weight excluding hydrogens is 226 g/mol. The van der Waals surface area contributed by atoms with Gasteiger partial charge in [-0.05, 0) is 33.7 Å². The number of nitrogens with zero attached hydrogens (tertiary/aromatic N) is 2. The molecule has 1 heterocycles. The molecule has 0 aromatic carbocycles. The van der Waals surface area contributed by atoms with E-state index in [2.05, 4.69) is 22.4 Å². The van der Waals surface area contributed by atoms with Crippen molar-refractivity contribution in [2.75, 3.05) is 12.8 Å². The minimum absolute atomic E-state index is 0.638. The number of unbranched alkanes of at least 4 members (excludes halogenated alkanes) is 1. The third-order valence-electron chi connectivity index (χ3n) is 2.26. The average Bonchev–Trinajstić information content (AvgIpc) is 2.63. The summed E-state index contributed by atoms with van der Waals surface area (Å²) in [6, 6.07) is 0.638. The van der Waals surface area contributed by atoms with E-state index in [9.17, 15) is 0 Å². The zero-order chi connectivity index (χ0) is 11.1. The van der Waals surface area contributed by atoms with E-state index in [1.165, 1.54) is 19.3 Å². The molecule has 1 rings (SSSR count). The molecule has 5 heteroatoms. The van der Waals surface area contributed by atoms with Crippen molar-refractivity contribution in [2.24, 2.45) is 0 Å². The topological polar surface area (TPSA) is 37.8 Å². The number of hydrogen-bond acceptors (Lipinski definition) is 5. The van der Waals surface area contributed by atoms with Crippen LogP contribution in [0.15, 0.2) is 4.34 Å². The molecule has 1 atom stereocenters. The normalized spacial score (nSPS) is 13.0. The number of thioether (sulfide) groups is 1. The van der Waals surface area contributed by atoms with Crippen LogP contribution in [0.1, 0.15) is 31.2 Å². The van der Waals surface area contributed by atoms with Crippen LogP contribution in [0.4, 0.5) is 0 Å². The van der Waals surface area contributed by atoms with E-state index >= 15 is 0 Å². The Balaban J connectivity index is 2.02. The van der Waals surface area contributed by atoms with Gasteiger partial charge in [0.25, 0.3) is 0 Å². The van der Waals surface area contributed by atoms with Crippen molar-refractivity contribution in [3.8, 4) is 0 Å². The van der Waals surface area contributed by atoms with E-state index in [1.54, 1.807) is 11.3 Å². The zero-order valence-electron chi connectivity index (χ0n) is 9.62. The Morgan fingerprint density at radius 2 is 2.20 bits per heavy atom. The van der Waals surface area contributed by atoms with Gasteiger partial charge in [0, 0.05) is 11.8 Å². The summed E-state index contributed by atoms with van der Waals surface area (Å²) in [5, 5.41) is 12.4. The van der Waals surface area contributed by atoms with Crippen molar-refractivity contribution in [3.05, 3.63) is 5.01 Å². The van der Waals surface area contributed by atoms with E-state index in [1.807, 2.05) is 25.7 Å². The maximum absolute atomic E-state index is 4.08. The molecule has 0 saturated heterocycles. The summed E-state index contributed by atoms with van der Waals surface area (Å²) in [5.74, 6) is 1.16. The summed E-state index contributed by atoms with van der Waals surface area (Å²) >= 11 is 3.51. The van der Waals surface area contributed by atoms with Crippen LogP contribution in [0.3, 0.4) is 0 Å². The minimum Gasteiger partial charge on any atom is -0.317 e. The van der Waals surface area contributed by atoms with Gasteiger partial charge in [-0.15, -0.1) is 10.2 Å². The molecule has 0 aliphatic carbocycles. The quantitative estimate of drug-likeness (QED) is 0.592. The second-order valence-electron chi connectivity index (χ2n) is 3.62. The molecule has 86 valence electrons. The number of aromatic nitrogens is 2. The average molecular weight is 245 g/mol. The van der Waals surface area contributed by atoms with Gasteiger partial charge in [0.2, 0.25) is 0 Å². The summed E-state index contributed by atoms with van der Waals surface area (Å²) in [5.41, 5.74) is 0. The first kappa shape index (κ1) is 12.9. The molecule has 1 unspecified atom stereocenters. The second-order valence-corrected chi connectivity index (χ2v) is 6.14. The number of hydrogen-bond donors (Lipinski definition) is 1. The highest BCUT2D eigenvalue weighted by Gasteiger charge is 2.01. The maximum Gasteiger partial charge on any atom is 0.174 e. The highest BCUT2D eigenvalue weighted by molar-refractivity contribution is 8.01. The summed E-state index contributed by atoms with van der Waals surface area (Å²) in [6.45, 7) is 4.22. The van der Waals surface area contributed by atoms with Crippen LogP contribution in [0.5, 0.6) is 0 Å². The van der Waals surface area contributed by atoms with Crippen LogP contribution >= 0.6 is 23.1 Å². The lowest BCUT2D eigenvalue weighted by atomic mass is 10.1. The lowest BCUT2D eigenvalue weighted by molar-refractivity contribution is 0.539. The van der Waals surface area contributed by atoms with Gasteiger partial charge in [-0.3, -0.25) is 0 Å². The first-order valence-corrected chi connectivity index (χ1v) is 7.12. The Hall–Kier alpha value is -0.130. The highest BCUT2D eigenvalue weighted by atomic mass is 32.2. The van der Waals surface area contributed by atoms with Crippen molar-refractivity contribution < 1.29 is 0 Å². The van der Waals surface area contributed by atoms with E-state index in [4.69, 9.17) is 0 Å². The lowest BCUT2D eigenvalue weighted by Crippen LogP contribution is -2.20. The van der Waals surface area contributed by atoms with E-state index in [0.717, 1.165) is 15.1 Å². The Morgan fingerprint density at radius 3 is 2.80 bits per heavy atom. The second kappa shape index (κ2) is 7.19. The van der Waals surface area contributed by atoms with Gasteiger partial charge in [-0.1, -0.05) is 29.5 Å². The molecule has 0 bridgehead atoms. The molecule has 1 aromatic heterocycles. The molecule has 3 nitrogen and oxygen atoms in total. The Morgan fingerprint density at radius 1 is 1.40 bits per heavy atom. The van der Waals surface area contributed by atoms with E-state index in [-0.39, 0.29) is 0 Å². The fraction of sp³-hybridized carbons (Fsp3) is 0.800. The first-order chi connectivity index (χ1) is 7.22. The summed E-state index contributed by atoms with van der Waals surface area (Å²) in [7, 11) is 2.02. The third kappa shape index (κ3) is 5.49. The van der Waals surface area contributed by atoms with E-state index in [0.29, 0.717) is 6.04 Å². The predicted molar refractivity (Wildman–Crippen MR) is 67.7 cm³/mol. The predicted octanol–water partition coefficient (Wildman–Crippen LogP) is 2.72. The van der Waals surface area contributed by atoms with Crippen molar-refractivity contribution in [1.29, 1.82) is 0 Å². The van der Waals surface area contributed by atoms with Gasteiger partial charge in [0.1, 0.15) is 5.01 Å². The first-order valence-electron chi connectivity index (χ1n) is 5.32. The highest BCUT2D eigenvalue weighted by Crippen LogP contribution is 2.22. The molecule has 1 N–H and O–H groups in total. The molecule has 0 aliphatic rings. The zero-order valence-corrected chi connectivity index (χ0v) is 11.2. The monoisotopic (exact) mass is 245 g/mol. The molecule has 0 fully saturated rings. The van der Waals surface area contributed by atoms with Crippen LogP contribution in [0.25, 0.3) is 0 Å². The van der Waals surface area contributed by atoms with Crippen molar-refractivity contribution in [1.82, 2.24) is 15.5 Å². The van der Waals surface area contributed by atoms with Crippen LogP contribution in [0.2, 0.25) is 0 Å². The molecule has 0 radical (unpaired) electrons. The van der Waals surface area contributed by atoms with Crippen LogP contribution in [0, 0.1) is 6.92 Å². The maximum atomic E-state index is 4.08. The molecule has 0 saturated carbocycles. The molecule has 0 aliphatic heterocycles. The lowest BCUT2D eigenvalue weighted by Gasteiger charge is -2.08. The van der Waals surface area contributed by atoms with Gasteiger partial charge in [-0.25, -0.2) is 0 Å². The summed E-state index contributed by atoms with van der Waals surface area (Å²) in [6.07, 6.45) is 3.80. The Labute approximate surface area is 100 Å². The van der Waals surface area contributed by atoms with Crippen LogP contribution in [-0.4, -0.2) is 29.0 Å². The number of rotatable bonds is 7. The SMILES string of the molecule is CNC(C)CCCCSc1nnc(C)s1. The van der Waals surface area contributed by atoms with Crippen molar-refractivity contribution >= 4 is 23.1 Å². The summed E-state index contributed by atoms with van der Waals surface area (Å²) in [4.78, 5) is 0. The molecule has 0 amide bonds. The van der Waals surface area contributed by atoms with Crippen molar-refractivity contribution in [2.45, 2.75) is 43.5 Å². The smallest absolute Gasteiger partial charge is 0.174 e. The Bertz CT molecular complexity index is 275. The number of aryl methyl sites for hydroxylation is 1. The summed E-state index contributed by atoms with van der Waals surface area (Å²) < 4.78 is 1.11. The van der Waals surface area contributed by atoms with Crippen molar-refractivity contribution in [3.63, 3.8) is 0 Å². The number of nitrogens with one attached hydrogen (secondary N) is 1. The molecular formula is C10H19N3S2. The Kier molecular flexibility index (Phi) is 6.20. The molecule has 1 aromatic rings. The van der Waals surface area contributed by atoms with E-state index < -0.39 is 0 Å². The van der Waals surface area contributed by atoms with Gasteiger partial charge < -0.3 is 5.32 Å². The molecule has 15 heavy (non-hydrogen) atoms. The van der Waals surface area contributed by atoms with Crippen LogP contribution in [-0.2, 0) is 0 Å².